The van der Waals surface area contributed by atoms with Crippen LogP contribution in [0.25, 0.3) is 0 Å². The lowest BCUT2D eigenvalue weighted by Crippen LogP contribution is -2.42. The van der Waals surface area contributed by atoms with E-state index in [2.05, 4.69) is 10.1 Å². The second-order valence-electron chi connectivity index (χ2n) is 7.05. The fraction of sp³-hybridized carbons (Fsp3) is 0.316. The predicted molar refractivity (Wildman–Crippen MR) is 102 cm³/mol. The maximum Gasteiger partial charge on any atom is 0.573 e. The van der Waals surface area contributed by atoms with Crippen molar-refractivity contribution in [3.8, 4) is 11.5 Å². The van der Waals surface area contributed by atoms with E-state index in [0.29, 0.717) is 11.4 Å². The van der Waals surface area contributed by atoms with Gasteiger partial charge in [0.2, 0.25) is 15.9 Å². The molecule has 30 heavy (non-hydrogen) atoms. The molecule has 2 fully saturated rings. The number of anilines is 2. The van der Waals surface area contributed by atoms with E-state index in [1.165, 1.54) is 23.5 Å². The standard InChI is InChI=1S/C19H17F3N2O5S/c1-28-15-8-4-14(5-9-15)24-11-12-10-18(12,30(24,26)27)17(25)23-13-2-6-16(7-3-13)29-19(20,21)22/h2-9,12H,10-11H2,1H3,(H,23,25)/t12-,18-/m1/s1. The van der Waals surface area contributed by atoms with Crippen LogP contribution in [-0.4, -0.2) is 39.1 Å². The predicted octanol–water partition coefficient (Wildman–Crippen LogP) is 3.14. The van der Waals surface area contributed by atoms with E-state index in [0.717, 1.165) is 12.1 Å². The van der Waals surface area contributed by atoms with Gasteiger partial charge in [-0.2, -0.15) is 0 Å². The third-order valence-corrected chi connectivity index (χ3v) is 7.82. The summed E-state index contributed by atoms with van der Waals surface area (Å²) in [6.45, 7) is 0.181. The topological polar surface area (TPSA) is 84.9 Å². The molecule has 2 aromatic carbocycles. The minimum Gasteiger partial charge on any atom is -0.497 e. The van der Waals surface area contributed by atoms with Gasteiger partial charge in [0.15, 0.2) is 4.75 Å². The Kier molecular flexibility index (Phi) is 4.60. The molecule has 1 aliphatic carbocycles. The summed E-state index contributed by atoms with van der Waals surface area (Å²) in [5.41, 5.74) is 0.608. The molecule has 1 aliphatic heterocycles. The molecular formula is C19H17F3N2O5S. The summed E-state index contributed by atoms with van der Waals surface area (Å²) in [7, 11) is -2.47. The van der Waals surface area contributed by atoms with Crippen molar-refractivity contribution in [2.24, 2.45) is 5.92 Å². The van der Waals surface area contributed by atoms with Crippen molar-refractivity contribution in [2.75, 3.05) is 23.3 Å². The van der Waals surface area contributed by atoms with Gasteiger partial charge >= 0.3 is 6.36 Å². The summed E-state index contributed by atoms with van der Waals surface area (Å²) in [5, 5.41) is 2.50. The van der Waals surface area contributed by atoms with E-state index in [9.17, 15) is 26.4 Å². The fourth-order valence-electron chi connectivity index (χ4n) is 3.69. The number of alkyl halides is 3. The summed E-state index contributed by atoms with van der Waals surface area (Å²) in [5.74, 6) is -0.932. The number of fused-ring (bicyclic) bond motifs is 1. The molecule has 1 saturated heterocycles. The van der Waals surface area contributed by atoms with Crippen LogP contribution in [0.5, 0.6) is 11.5 Å². The van der Waals surface area contributed by atoms with Gasteiger partial charge in [-0.05, 0) is 55.0 Å². The number of methoxy groups -OCH3 is 1. The second kappa shape index (κ2) is 6.79. The Morgan fingerprint density at radius 2 is 1.70 bits per heavy atom. The van der Waals surface area contributed by atoms with Gasteiger partial charge in [0.1, 0.15) is 11.5 Å². The van der Waals surface area contributed by atoms with Crippen LogP contribution in [0.1, 0.15) is 6.42 Å². The summed E-state index contributed by atoms with van der Waals surface area (Å²) in [6, 6.07) is 11.0. The Bertz CT molecular complexity index is 1070. The summed E-state index contributed by atoms with van der Waals surface area (Å²) in [4.78, 5) is 12.8. The fourth-order valence-corrected chi connectivity index (χ4v) is 6.06. The van der Waals surface area contributed by atoms with E-state index in [1.807, 2.05) is 0 Å². The maximum absolute atomic E-state index is 13.1. The quantitative estimate of drug-likeness (QED) is 0.769. The largest absolute Gasteiger partial charge is 0.573 e. The number of carbonyl (C=O) groups is 1. The Hall–Kier alpha value is -2.95. The molecule has 1 heterocycles. The van der Waals surface area contributed by atoms with Crippen molar-refractivity contribution in [1.82, 2.24) is 0 Å². The lowest BCUT2D eigenvalue weighted by atomic mass is 10.2. The lowest BCUT2D eigenvalue weighted by molar-refractivity contribution is -0.274. The Labute approximate surface area is 170 Å². The van der Waals surface area contributed by atoms with Crippen LogP contribution in [0.2, 0.25) is 0 Å². The van der Waals surface area contributed by atoms with Crippen molar-refractivity contribution in [3.05, 3.63) is 48.5 Å². The molecule has 160 valence electrons. The first-order chi connectivity index (χ1) is 14.1. The highest BCUT2D eigenvalue weighted by Gasteiger charge is 2.75. The molecule has 4 rings (SSSR count). The number of ether oxygens (including phenoxy) is 2. The number of sulfonamides is 1. The van der Waals surface area contributed by atoms with E-state index >= 15 is 0 Å². The van der Waals surface area contributed by atoms with Crippen molar-refractivity contribution >= 4 is 27.3 Å². The molecular weight excluding hydrogens is 425 g/mol. The first-order valence-electron chi connectivity index (χ1n) is 8.90. The number of hydrogen-bond acceptors (Lipinski definition) is 5. The molecule has 2 atom stereocenters. The summed E-state index contributed by atoms with van der Waals surface area (Å²) in [6.07, 6.45) is -4.63. The maximum atomic E-state index is 13.1. The molecule has 1 amide bonds. The van der Waals surface area contributed by atoms with Gasteiger partial charge in [0, 0.05) is 18.2 Å². The highest BCUT2D eigenvalue weighted by Crippen LogP contribution is 2.58. The SMILES string of the molecule is COc1ccc(N2C[C@H]3C[C@@]3(C(=O)Nc3ccc(OC(F)(F)F)cc3)S2(=O)=O)cc1. The van der Waals surface area contributed by atoms with Crippen LogP contribution >= 0.6 is 0 Å². The van der Waals surface area contributed by atoms with Crippen molar-refractivity contribution in [3.63, 3.8) is 0 Å². The minimum atomic E-state index is -4.83. The molecule has 2 aliphatic rings. The van der Waals surface area contributed by atoms with E-state index in [1.54, 1.807) is 24.3 Å². The second-order valence-corrected chi connectivity index (χ2v) is 9.17. The number of nitrogens with one attached hydrogen (secondary N) is 1. The zero-order valence-corrected chi connectivity index (χ0v) is 16.5. The van der Waals surface area contributed by atoms with E-state index in [-0.39, 0.29) is 24.6 Å². The van der Waals surface area contributed by atoms with Crippen molar-refractivity contribution < 1.29 is 35.9 Å². The van der Waals surface area contributed by atoms with Gasteiger partial charge in [-0.25, -0.2) is 8.42 Å². The molecule has 2 aromatic rings. The third-order valence-electron chi connectivity index (χ3n) is 5.28. The van der Waals surface area contributed by atoms with Crippen LogP contribution in [0.4, 0.5) is 24.5 Å². The number of carbonyl (C=O) groups excluding carboxylic acids is 1. The van der Waals surface area contributed by atoms with Crippen molar-refractivity contribution in [1.29, 1.82) is 0 Å². The number of rotatable bonds is 5. The van der Waals surface area contributed by atoms with Crippen LogP contribution < -0.4 is 19.1 Å². The molecule has 0 bridgehead atoms. The summed E-state index contributed by atoms with van der Waals surface area (Å²) < 4.78 is 71.5. The molecule has 0 spiro atoms. The average Bonchev–Trinajstić information content (AvgIpc) is 3.38. The monoisotopic (exact) mass is 442 g/mol. The smallest absolute Gasteiger partial charge is 0.497 e. The van der Waals surface area contributed by atoms with Crippen LogP contribution in [0.15, 0.2) is 48.5 Å². The Morgan fingerprint density at radius 3 is 2.27 bits per heavy atom. The van der Waals surface area contributed by atoms with Gasteiger partial charge in [-0.15, -0.1) is 13.2 Å². The van der Waals surface area contributed by atoms with E-state index < -0.39 is 32.8 Å². The zero-order valence-electron chi connectivity index (χ0n) is 15.6. The third kappa shape index (κ3) is 3.32. The lowest BCUT2D eigenvalue weighted by Gasteiger charge is -2.23. The molecule has 1 saturated carbocycles. The number of hydrogen-bond donors (Lipinski definition) is 1. The molecule has 1 N–H and O–H groups in total. The average molecular weight is 442 g/mol. The molecule has 11 heteroatoms. The number of amides is 1. The minimum absolute atomic E-state index is 0.174. The number of benzene rings is 2. The van der Waals surface area contributed by atoms with Crippen LogP contribution in [0.3, 0.4) is 0 Å². The first-order valence-corrected chi connectivity index (χ1v) is 10.3. The molecule has 7 nitrogen and oxygen atoms in total. The van der Waals surface area contributed by atoms with Gasteiger partial charge < -0.3 is 14.8 Å². The highest BCUT2D eigenvalue weighted by atomic mass is 32.2. The zero-order chi connectivity index (χ0) is 21.7. The Balaban J connectivity index is 1.51. The van der Waals surface area contributed by atoms with Crippen molar-refractivity contribution in [2.45, 2.75) is 17.5 Å². The number of nitrogens with zero attached hydrogens (tertiary/aromatic N) is 1. The van der Waals surface area contributed by atoms with Crippen LogP contribution in [-0.2, 0) is 14.8 Å². The molecule has 0 radical (unpaired) electrons. The van der Waals surface area contributed by atoms with E-state index in [4.69, 9.17) is 4.74 Å². The molecule has 0 aromatic heterocycles. The summed E-state index contributed by atoms with van der Waals surface area (Å²) >= 11 is 0. The number of halogens is 3. The Morgan fingerprint density at radius 1 is 1.10 bits per heavy atom. The van der Waals surface area contributed by atoms with Gasteiger partial charge in [0.25, 0.3) is 0 Å². The van der Waals surface area contributed by atoms with Gasteiger partial charge in [-0.1, -0.05) is 0 Å². The highest BCUT2D eigenvalue weighted by molar-refractivity contribution is 7.95. The molecule has 0 unspecified atom stereocenters. The van der Waals surface area contributed by atoms with Gasteiger partial charge in [-0.3, -0.25) is 9.10 Å². The normalized spacial score (nSPS) is 24.1. The van der Waals surface area contributed by atoms with Gasteiger partial charge in [0.05, 0.1) is 12.8 Å². The first kappa shape index (κ1) is 20.3. The van der Waals surface area contributed by atoms with Crippen LogP contribution in [0, 0.1) is 5.92 Å².